The van der Waals surface area contributed by atoms with Crippen molar-refractivity contribution in [2.24, 2.45) is 0 Å². The summed E-state index contributed by atoms with van der Waals surface area (Å²) < 4.78 is 11.7. The average molecular weight is 424 g/mol. The molecule has 6 nitrogen and oxygen atoms in total. The molecule has 1 heterocycles. The first kappa shape index (κ1) is 20.9. The van der Waals surface area contributed by atoms with E-state index < -0.39 is 11.9 Å². The lowest BCUT2D eigenvalue weighted by Gasteiger charge is -2.14. The van der Waals surface area contributed by atoms with Crippen LogP contribution in [0.3, 0.4) is 0 Å². The Morgan fingerprint density at radius 2 is 1.53 bits per heavy atom. The van der Waals surface area contributed by atoms with E-state index in [1.807, 2.05) is 72.2 Å². The summed E-state index contributed by atoms with van der Waals surface area (Å²) in [5.74, 6) is -1.40. The van der Waals surface area contributed by atoms with Gasteiger partial charge in [-0.1, -0.05) is 48.5 Å². The maximum atomic E-state index is 12.9. The second-order valence-corrected chi connectivity index (χ2v) is 7.15. The number of carbonyl (C=O) groups excluding carboxylic acids is 2. The van der Waals surface area contributed by atoms with Gasteiger partial charge < -0.3 is 14.0 Å². The molecule has 0 atom stereocenters. The smallest absolute Gasteiger partial charge is 0.340 e. The quantitative estimate of drug-likeness (QED) is 0.352. The van der Waals surface area contributed by atoms with E-state index in [9.17, 15) is 14.9 Å². The number of para-hydroxylation sites is 1. The molecule has 32 heavy (non-hydrogen) atoms. The first-order valence-electron chi connectivity index (χ1n) is 9.93. The van der Waals surface area contributed by atoms with Crippen molar-refractivity contribution in [3.05, 3.63) is 83.7 Å². The van der Waals surface area contributed by atoms with Crippen molar-refractivity contribution in [3.63, 3.8) is 0 Å². The highest BCUT2D eigenvalue weighted by Gasteiger charge is 2.31. The van der Waals surface area contributed by atoms with Gasteiger partial charge in [0.2, 0.25) is 0 Å². The van der Waals surface area contributed by atoms with Crippen molar-refractivity contribution in [2.45, 2.75) is 6.92 Å². The molecule has 0 unspecified atom stereocenters. The summed E-state index contributed by atoms with van der Waals surface area (Å²) in [6.45, 7) is 1.93. The van der Waals surface area contributed by atoms with Crippen LogP contribution < -0.4 is 0 Å². The molecule has 0 N–H and O–H groups in total. The van der Waals surface area contributed by atoms with Crippen LogP contribution in [-0.2, 0) is 19.1 Å². The standard InChI is InChI=1S/C26H20N2O4/c1-16-23-19-13-9-5-8-12-18(19)21(15-27)24(23)25(28(16)17-10-6-4-7-11-17)20(26(30)32-3)14-22(29)31-2/h4-14H,1-3H3. The van der Waals surface area contributed by atoms with Crippen LogP contribution in [0.15, 0.2) is 66.7 Å². The lowest BCUT2D eigenvalue weighted by molar-refractivity contribution is -0.136. The molecule has 0 saturated heterocycles. The third-order valence-corrected chi connectivity index (χ3v) is 5.48. The molecule has 6 heteroatoms. The molecule has 0 radical (unpaired) electrons. The highest BCUT2D eigenvalue weighted by molar-refractivity contribution is 6.26. The first-order chi connectivity index (χ1) is 15.5. The Bertz CT molecular complexity index is 1390. The van der Waals surface area contributed by atoms with E-state index in [0.29, 0.717) is 16.6 Å². The Labute approximate surface area is 185 Å². The molecule has 0 spiro atoms. The largest absolute Gasteiger partial charge is 0.466 e. The van der Waals surface area contributed by atoms with E-state index in [2.05, 4.69) is 6.07 Å². The van der Waals surface area contributed by atoms with Gasteiger partial charge in [-0.15, -0.1) is 0 Å². The number of aryl methyl sites for hydroxylation is 1. The maximum absolute atomic E-state index is 12.9. The number of hydrogen-bond acceptors (Lipinski definition) is 5. The Morgan fingerprint density at radius 1 is 0.906 bits per heavy atom. The first-order valence-corrected chi connectivity index (χ1v) is 9.93. The Balaban J connectivity index is 2.27. The lowest BCUT2D eigenvalue weighted by Crippen LogP contribution is -2.12. The number of ether oxygens (including phenoxy) is 2. The maximum Gasteiger partial charge on any atom is 0.340 e. The molecule has 0 saturated carbocycles. The number of esters is 2. The minimum atomic E-state index is -0.702. The van der Waals surface area contributed by atoms with Crippen LogP contribution in [0.4, 0.5) is 0 Å². The monoisotopic (exact) mass is 424 g/mol. The van der Waals surface area contributed by atoms with E-state index in [0.717, 1.165) is 34.0 Å². The van der Waals surface area contributed by atoms with Crippen LogP contribution in [0.2, 0.25) is 0 Å². The summed E-state index contributed by atoms with van der Waals surface area (Å²) in [6.07, 6.45) is 1.11. The van der Waals surface area contributed by atoms with E-state index in [1.54, 1.807) is 0 Å². The van der Waals surface area contributed by atoms with E-state index >= 15 is 0 Å². The molecule has 158 valence electrons. The van der Waals surface area contributed by atoms with Gasteiger partial charge in [-0.2, -0.15) is 5.26 Å². The van der Waals surface area contributed by atoms with Crippen LogP contribution in [0, 0.1) is 18.3 Å². The van der Waals surface area contributed by atoms with Gasteiger partial charge in [0.25, 0.3) is 0 Å². The normalized spacial score (nSPS) is 11.4. The molecule has 2 aliphatic carbocycles. The van der Waals surface area contributed by atoms with E-state index in [-0.39, 0.29) is 5.57 Å². The topological polar surface area (TPSA) is 81.3 Å². The van der Waals surface area contributed by atoms with Crippen LogP contribution in [0.25, 0.3) is 33.2 Å². The van der Waals surface area contributed by atoms with Gasteiger partial charge in [0, 0.05) is 33.8 Å². The number of carbonyl (C=O) groups is 2. The van der Waals surface area contributed by atoms with Gasteiger partial charge in [0.15, 0.2) is 0 Å². The summed E-state index contributed by atoms with van der Waals surface area (Å²) in [5.41, 5.74) is 4.13. The van der Waals surface area contributed by atoms with Crippen LogP contribution in [-0.4, -0.2) is 30.7 Å². The lowest BCUT2D eigenvalue weighted by atomic mass is 10.1. The van der Waals surface area contributed by atoms with Crippen LogP contribution >= 0.6 is 0 Å². The number of hydrogen-bond donors (Lipinski definition) is 0. The highest BCUT2D eigenvalue weighted by atomic mass is 16.5. The van der Waals surface area contributed by atoms with Crippen molar-refractivity contribution >= 4 is 28.3 Å². The Hall–Kier alpha value is -4.37. The van der Waals surface area contributed by atoms with Crippen LogP contribution in [0.5, 0.6) is 0 Å². The third-order valence-electron chi connectivity index (χ3n) is 5.48. The average Bonchev–Trinajstić information content (AvgIpc) is 3.16. The molecular weight excluding hydrogens is 404 g/mol. The molecule has 4 rings (SSSR count). The number of nitrogens with zero attached hydrogens (tertiary/aromatic N) is 2. The van der Waals surface area contributed by atoms with E-state index in [4.69, 9.17) is 9.47 Å². The number of benzene rings is 1. The molecule has 1 aromatic heterocycles. The number of aromatic nitrogens is 1. The minimum absolute atomic E-state index is 0.0116. The molecule has 0 fully saturated rings. The Morgan fingerprint density at radius 3 is 2.12 bits per heavy atom. The third kappa shape index (κ3) is 3.21. The SMILES string of the molecule is COC(=O)C=C(C(=O)OC)c1c2c(C#N)c3cccccc-3c2c(C)n1-c1ccccc1. The fraction of sp³-hybridized carbons (Fsp3) is 0.115. The second-order valence-electron chi connectivity index (χ2n) is 7.15. The summed E-state index contributed by atoms with van der Waals surface area (Å²) in [6, 6.07) is 21.3. The summed E-state index contributed by atoms with van der Waals surface area (Å²) >= 11 is 0. The van der Waals surface area contributed by atoms with Crippen molar-refractivity contribution < 1.29 is 19.1 Å². The molecule has 1 aromatic carbocycles. The number of fused-ring (bicyclic) bond motifs is 3. The number of rotatable bonds is 4. The molecule has 0 aliphatic heterocycles. The summed E-state index contributed by atoms with van der Waals surface area (Å²) in [4.78, 5) is 25.1. The zero-order valence-corrected chi connectivity index (χ0v) is 17.9. The summed E-state index contributed by atoms with van der Waals surface area (Å²) in [5, 5.41) is 11.6. The second kappa shape index (κ2) is 8.40. The zero-order chi connectivity index (χ0) is 22.8. The van der Waals surface area contributed by atoms with Gasteiger partial charge in [-0.25, -0.2) is 9.59 Å². The van der Waals surface area contributed by atoms with Crippen LogP contribution in [0.1, 0.15) is 17.0 Å². The molecular formula is C26H20N2O4. The van der Waals surface area contributed by atoms with Crippen molar-refractivity contribution in [3.8, 4) is 22.9 Å². The molecule has 0 amide bonds. The predicted octanol–water partition coefficient (Wildman–Crippen LogP) is 4.64. The van der Waals surface area contributed by atoms with Gasteiger partial charge in [0.1, 0.15) is 6.07 Å². The van der Waals surface area contributed by atoms with Crippen molar-refractivity contribution in [1.82, 2.24) is 4.57 Å². The Kier molecular flexibility index (Phi) is 5.48. The highest BCUT2D eigenvalue weighted by Crippen LogP contribution is 2.46. The summed E-state index contributed by atoms with van der Waals surface area (Å²) in [7, 11) is 2.49. The van der Waals surface area contributed by atoms with Gasteiger partial charge in [-0.3, -0.25) is 0 Å². The van der Waals surface area contributed by atoms with Crippen molar-refractivity contribution in [2.75, 3.05) is 14.2 Å². The van der Waals surface area contributed by atoms with Crippen molar-refractivity contribution in [1.29, 1.82) is 5.26 Å². The zero-order valence-electron chi connectivity index (χ0n) is 17.9. The van der Waals surface area contributed by atoms with E-state index in [1.165, 1.54) is 14.2 Å². The molecule has 2 aliphatic rings. The molecule has 2 aromatic rings. The fourth-order valence-electron chi connectivity index (χ4n) is 4.16. The van der Waals surface area contributed by atoms with Gasteiger partial charge >= 0.3 is 11.9 Å². The van der Waals surface area contributed by atoms with Gasteiger partial charge in [0.05, 0.1) is 31.1 Å². The minimum Gasteiger partial charge on any atom is -0.466 e. The number of nitriles is 1. The number of methoxy groups -OCH3 is 2. The predicted molar refractivity (Wildman–Crippen MR) is 121 cm³/mol. The fourth-order valence-corrected chi connectivity index (χ4v) is 4.16. The molecule has 0 bridgehead atoms. The van der Waals surface area contributed by atoms with Gasteiger partial charge in [-0.05, 0) is 24.6 Å².